The average Bonchev–Trinajstić information content (AvgIpc) is 3.46. The lowest BCUT2D eigenvalue weighted by Gasteiger charge is -2.28. The Morgan fingerprint density at radius 1 is 1.05 bits per heavy atom. The van der Waals surface area contributed by atoms with Gasteiger partial charge in [0.25, 0.3) is 0 Å². The summed E-state index contributed by atoms with van der Waals surface area (Å²) in [5, 5.41) is 37.3. The molecule has 0 amide bonds. The van der Waals surface area contributed by atoms with Gasteiger partial charge >= 0.3 is 0 Å². The fourth-order valence-corrected chi connectivity index (χ4v) is 4.94. The Morgan fingerprint density at radius 3 is 2.39 bits per heavy atom. The topological polar surface area (TPSA) is 113 Å². The third-order valence-electron chi connectivity index (χ3n) is 6.42. The Labute approximate surface area is 245 Å². The van der Waals surface area contributed by atoms with Crippen LogP contribution in [-0.2, 0) is 16.1 Å². The smallest absolute Gasteiger partial charge is 0.172 e. The molecular formula is C33H32N4O3S. The zero-order valence-corrected chi connectivity index (χ0v) is 24.2. The molecule has 1 N–H and O–H groups in total. The second kappa shape index (κ2) is 15.8. The molecule has 1 heterocycles. The van der Waals surface area contributed by atoms with Crippen LogP contribution in [0.5, 0.6) is 0 Å². The molecular weight excluding hydrogens is 532 g/mol. The van der Waals surface area contributed by atoms with Gasteiger partial charge < -0.3 is 14.6 Å². The normalized spacial score (nSPS) is 15.4. The SMILES string of the molecule is COC(=C(C#N)C#N)/C(C#N)=C(C)/C=C/c1ccc(/C=C/C2=CCC(N(C)CCO)C=C2OCc2ccccc2)s1. The minimum atomic E-state index is -0.245. The number of nitriles is 3. The molecule has 0 saturated carbocycles. The fourth-order valence-electron chi connectivity index (χ4n) is 4.12. The van der Waals surface area contributed by atoms with E-state index in [1.165, 1.54) is 7.11 Å². The Hall–Kier alpha value is -4.65. The number of nitrogens with zero attached hydrogens (tertiary/aromatic N) is 4. The monoisotopic (exact) mass is 564 g/mol. The van der Waals surface area contributed by atoms with Gasteiger partial charge in [0.05, 0.1) is 19.3 Å². The van der Waals surface area contributed by atoms with Gasteiger partial charge in [-0.1, -0.05) is 48.6 Å². The highest BCUT2D eigenvalue weighted by molar-refractivity contribution is 7.13. The second-order valence-corrected chi connectivity index (χ2v) is 10.3. The van der Waals surface area contributed by atoms with Crippen LogP contribution in [0.4, 0.5) is 0 Å². The number of hydrogen-bond donors (Lipinski definition) is 1. The number of aliphatic hydroxyl groups is 1. The zero-order chi connectivity index (χ0) is 29.6. The molecule has 1 aromatic heterocycles. The molecule has 0 fully saturated rings. The van der Waals surface area contributed by atoms with Crippen molar-refractivity contribution >= 4 is 23.5 Å². The summed E-state index contributed by atoms with van der Waals surface area (Å²) in [6.45, 7) is 2.89. The van der Waals surface area contributed by atoms with Crippen molar-refractivity contribution < 1.29 is 14.6 Å². The highest BCUT2D eigenvalue weighted by Crippen LogP contribution is 2.28. The Kier molecular flexibility index (Phi) is 11.9. The highest BCUT2D eigenvalue weighted by Gasteiger charge is 2.19. The molecule has 0 aliphatic heterocycles. The van der Waals surface area contributed by atoms with Crippen molar-refractivity contribution in [1.29, 1.82) is 15.8 Å². The molecule has 8 heteroatoms. The van der Waals surface area contributed by atoms with Crippen molar-refractivity contribution in [2.45, 2.75) is 26.0 Å². The summed E-state index contributed by atoms with van der Waals surface area (Å²) in [5.41, 5.74) is 2.56. The highest BCUT2D eigenvalue weighted by atomic mass is 32.1. The summed E-state index contributed by atoms with van der Waals surface area (Å²) in [5.74, 6) is 0.780. The van der Waals surface area contributed by atoms with E-state index in [0.717, 1.165) is 33.1 Å². The van der Waals surface area contributed by atoms with Crippen LogP contribution in [0.2, 0.25) is 0 Å². The van der Waals surface area contributed by atoms with Crippen molar-refractivity contribution in [1.82, 2.24) is 4.90 Å². The van der Waals surface area contributed by atoms with Gasteiger partial charge in [-0.05, 0) is 61.9 Å². The van der Waals surface area contributed by atoms with Crippen LogP contribution in [0.3, 0.4) is 0 Å². The minimum absolute atomic E-state index is 0.0293. The third-order valence-corrected chi connectivity index (χ3v) is 7.44. The van der Waals surface area contributed by atoms with E-state index in [9.17, 15) is 20.9 Å². The molecule has 41 heavy (non-hydrogen) atoms. The van der Waals surface area contributed by atoms with Gasteiger partial charge in [0, 0.05) is 27.9 Å². The number of rotatable bonds is 12. The van der Waals surface area contributed by atoms with Crippen LogP contribution < -0.4 is 0 Å². The number of methoxy groups -OCH3 is 1. The number of hydrogen-bond acceptors (Lipinski definition) is 8. The summed E-state index contributed by atoms with van der Waals surface area (Å²) in [4.78, 5) is 4.13. The van der Waals surface area contributed by atoms with E-state index >= 15 is 0 Å². The van der Waals surface area contributed by atoms with Crippen LogP contribution in [-0.4, -0.2) is 43.4 Å². The molecule has 7 nitrogen and oxygen atoms in total. The quantitative estimate of drug-likeness (QED) is 0.183. The first kappa shape index (κ1) is 30.9. The lowest BCUT2D eigenvalue weighted by Crippen LogP contribution is -2.33. The first-order chi connectivity index (χ1) is 19.9. The molecule has 1 unspecified atom stereocenters. The molecule has 2 aromatic rings. The predicted molar refractivity (Wildman–Crippen MR) is 161 cm³/mol. The second-order valence-electron chi connectivity index (χ2n) is 9.18. The molecule has 0 spiro atoms. The van der Waals surface area contributed by atoms with Crippen molar-refractivity contribution in [3.8, 4) is 18.2 Å². The molecule has 1 aromatic carbocycles. The van der Waals surface area contributed by atoms with Gasteiger partial charge in [-0.25, -0.2) is 0 Å². The maximum Gasteiger partial charge on any atom is 0.172 e. The lowest BCUT2D eigenvalue weighted by atomic mass is 9.99. The van der Waals surface area contributed by atoms with Gasteiger partial charge in [0.15, 0.2) is 11.3 Å². The van der Waals surface area contributed by atoms with Crippen LogP contribution in [0, 0.1) is 34.0 Å². The number of aliphatic hydroxyl groups excluding tert-OH is 1. The van der Waals surface area contributed by atoms with E-state index in [2.05, 4.69) is 23.1 Å². The third kappa shape index (κ3) is 8.67. The van der Waals surface area contributed by atoms with Crippen LogP contribution in [0.25, 0.3) is 12.2 Å². The Balaban J connectivity index is 1.78. The molecule has 0 radical (unpaired) electrons. The molecule has 1 aliphatic carbocycles. The van der Waals surface area contributed by atoms with Crippen LogP contribution in [0.1, 0.15) is 28.7 Å². The van der Waals surface area contributed by atoms with Gasteiger partial charge in [0.1, 0.15) is 30.6 Å². The van der Waals surface area contributed by atoms with Crippen molar-refractivity contribution in [2.75, 3.05) is 27.3 Å². The number of allylic oxidation sites excluding steroid dienone is 5. The molecule has 0 bridgehead atoms. The Bertz CT molecular complexity index is 1510. The Morgan fingerprint density at radius 2 is 1.76 bits per heavy atom. The van der Waals surface area contributed by atoms with E-state index in [-0.39, 0.29) is 29.6 Å². The number of benzene rings is 1. The lowest BCUT2D eigenvalue weighted by molar-refractivity contribution is 0.180. The molecule has 1 atom stereocenters. The van der Waals surface area contributed by atoms with Crippen LogP contribution >= 0.6 is 11.3 Å². The van der Waals surface area contributed by atoms with Crippen molar-refractivity contribution in [3.05, 3.63) is 116 Å². The largest absolute Gasteiger partial charge is 0.493 e. The maximum atomic E-state index is 9.62. The summed E-state index contributed by atoms with van der Waals surface area (Å²) in [7, 11) is 3.33. The zero-order valence-electron chi connectivity index (χ0n) is 23.4. The van der Waals surface area contributed by atoms with E-state index in [1.807, 2.05) is 67.7 Å². The fraction of sp³-hybridized carbons (Fsp3) is 0.242. The van der Waals surface area contributed by atoms with Gasteiger partial charge in [-0.3, -0.25) is 4.90 Å². The van der Waals surface area contributed by atoms with Gasteiger partial charge in [-0.2, -0.15) is 15.8 Å². The first-order valence-electron chi connectivity index (χ1n) is 13.0. The van der Waals surface area contributed by atoms with E-state index in [0.29, 0.717) is 18.7 Å². The summed E-state index contributed by atoms with van der Waals surface area (Å²) in [6.07, 6.45) is 12.9. The molecule has 1 aliphatic rings. The molecule has 0 saturated heterocycles. The minimum Gasteiger partial charge on any atom is -0.493 e. The van der Waals surface area contributed by atoms with E-state index < -0.39 is 0 Å². The predicted octanol–water partition coefficient (Wildman–Crippen LogP) is 6.29. The maximum absolute atomic E-state index is 9.62. The van der Waals surface area contributed by atoms with Gasteiger partial charge in [-0.15, -0.1) is 11.3 Å². The molecule has 208 valence electrons. The number of thiophene rings is 1. The summed E-state index contributed by atoms with van der Waals surface area (Å²) in [6, 6.07) is 19.8. The first-order valence-corrected chi connectivity index (χ1v) is 13.8. The number of likely N-dealkylation sites (N-methyl/N-ethyl adjacent to an activating group) is 1. The standard InChI is InChI=1S/C33H32N4O3S/c1-24(31(22-36)33(39-3)27(20-34)21-35)9-13-29-15-16-30(41-29)14-11-26-10-12-28(37(2)17-18-38)19-32(26)40-23-25-7-5-4-6-8-25/h4-11,13-16,19,28,38H,12,17-18,23H2,1-3H3/b13-9+,14-11+,31-24+. The number of ether oxygens (including phenoxy) is 2. The summed E-state index contributed by atoms with van der Waals surface area (Å²) < 4.78 is 11.4. The van der Waals surface area contributed by atoms with E-state index in [4.69, 9.17) is 9.47 Å². The average molecular weight is 565 g/mol. The van der Waals surface area contributed by atoms with Crippen molar-refractivity contribution in [3.63, 3.8) is 0 Å². The van der Waals surface area contributed by atoms with E-state index in [1.54, 1.807) is 36.5 Å². The van der Waals surface area contributed by atoms with Crippen LogP contribution in [0.15, 0.2) is 101 Å². The summed E-state index contributed by atoms with van der Waals surface area (Å²) >= 11 is 1.59. The van der Waals surface area contributed by atoms with Gasteiger partial charge in [0.2, 0.25) is 0 Å². The van der Waals surface area contributed by atoms with Crippen molar-refractivity contribution in [2.24, 2.45) is 0 Å². The molecule has 3 rings (SSSR count).